The number of hydrogen-bond acceptors (Lipinski definition) is 7. The second kappa shape index (κ2) is 9.51. The minimum atomic E-state index is -1.28. The molecule has 0 radical (unpaired) electrons. The topological polar surface area (TPSA) is 103 Å². The third-order valence-electron chi connectivity index (χ3n) is 4.87. The largest absolute Gasteiger partial charge is 0.494 e. The van der Waals surface area contributed by atoms with Gasteiger partial charge in [-0.05, 0) is 39.3 Å². The van der Waals surface area contributed by atoms with E-state index >= 15 is 0 Å². The lowest BCUT2D eigenvalue weighted by atomic mass is 10.0. The van der Waals surface area contributed by atoms with Gasteiger partial charge in [-0.15, -0.1) is 0 Å². The highest BCUT2D eigenvalue weighted by Gasteiger charge is 2.29. The number of nitriles is 1. The van der Waals surface area contributed by atoms with Gasteiger partial charge in [0.05, 0.1) is 30.7 Å². The minimum Gasteiger partial charge on any atom is -0.494 e. The van der Waals surface area contributed by atoms with Crippen LogP contribution in [0.2, 0.25) is 0 Å². The summed E-state index contributed by atoms with van der Waals surface area (Å²) in [5, 5.41) is 22.9. The molecular formula is C22H24FN5O3. The number of benzene rings is 1. The predicted molar refractivity (Wildman–Crippen MR) is 111 cm³/mol. The molecule has 0 aliphatic rings. The Bertz CT molecular complexity index is 1150. The van der Waals surface area contributed by atoms with Crippen LogP contribution in [0.4, 0.5) is 4.39 Å². The average molecular weight is 425 g/mol. The zero-order valence-corrected chi connectivity index (χ0v) is 18.0. The summed E-state index contributed by atoms with van der Waals surface area (Å²) >= 11 is 0. The number of carbonyl (C=O) groups is 1. The molecule has 2 aromatic heterocycles. The van der Waals surface area contributed by atoms with Crippen LogP contribution in [-0.2, 0) is 9.53 Å². The van der Waals surface area contributed by atoms with Crippen molar-refractivity contribution in [3.8, 4) is 17.5 Å². The number of aromatic nitrogens is 4. The molecule has 0 N–H and O–H groups in total. The van der Waals surface area contributed by atoms with Crippen LogP contribution in [0, 0.1) is 31.0 Å². The van der Waals surface area contributed by atoms with Crippen LogP contribution in [0.1, 0.15) is 49.7 Å². The molecular weight excluding hydrogens is 401 g/mol. The van der Waals surface area contributed by atoms with Gasteiger partial charge in [0.1, 0.15) is 22.6 Å². The second-order valence-electron chi connectivity index (χ2n) is 7.02. The minimum absolute atomic E-state index is 0.0952. The number of nitrogens with zero attached hydrogens (tertiary/aromatic N) is 5. The van der Waals surface area contributed by atoms with E-state index in [2.05, 4.69) is 15.3 Å². The average Bonchev–Trinajstić information content (AvgIpc) is 3.09. The number of hydrogen-bond donors (Lipinski definition) is 0. The molecule has 0 spiro atoms. The van der Waals surface area contributed by atoms with Gasteiger partial charge in [-0.2, -0.15) is 20.6 Å². The van der Waals surface area contributed by atoms with Crippen molar-refractivity contribution < 1.29 is 18.7 Å². The van der Waals surface area contributed by atoms with Gasteiger partial charge in [0.2, 0.25) is 0 Å². The van der Waals surface area contributed by atoms with Crippen LogP contribution in [0.3, 0.4) is 0 Å². The fourth-order valence-corrected chi connectivity index (χ4v) is 3.31. The van der Waals surface area contributed by atoms with Crippen molar-refractivity contribution in [2.24, 2.45) is 0 Å². The number of ether oxygens (including phenoxy) is 2. The summed E-state index contributed by atoms with van der Waals surface area (Å²) in [6.45, 7) is 7.95. The van der Waals surface area contributed by atoms with Crippen LogP contribution in [0.15, 0.2) is 18.2 Å². The zero-order chi connectivity index (χ0) is 22.5. The molecule has 31 heavy (non-hydrogen) atoms. The van der Waals surface area contributed by atoms with Crippen LogP contribution in [0.5, 0.6) is 5.75 Å². The van der Waals surface area contributed by atoms with Crippen molar-refractivity contribution in [2.45, 2.75) is 46.5 Å². The van der Waals surface area contributed by atoms with Crippen LogP contribution >= 0.6 is 0 Å². The summed E-state index contributed by atoms with van der Waals surface area (Å²) in [6, 6.07) is 6.45. The van der Waals surface area contributed by atoms with E-state index in [0.29, 0.717) is 41.1 Å². The number of fused-ring (bicyclic) bond motifs is 1. The highest BCUT2D eigenvalue weighted by molar-refractivity contribution is 5.91. The quantitative estimate of drug-likeness (QED) is 0.398. The van der Waals surface area contributed by atoms with Crippen molar-refractivity contribution in [2.75, 3.05) is 13.2 Å². The summed E-state index contributed by atoms with van der Waals surface area (Å²) in [5.41, 5.74) is 1.80. The summed E-state index contributed by atoms with van der Waals surface area (Å²) < 4.78 is 26.8. The lowest BCUT2D eigenvalue weighted by Gasteiger charge is -2.09. The van der Waals surface area contributed by atoms with E-state index in [1.165, 1.54) is 10.7 Å². The first-order chi connectivity index (χ1) is 14.9. The standard InChI is InChI=1S/C22H24FN5O3/c1-5-7-10-31-22(29)16(12-24)20-21-19(13(3)25-26-20)14(4)28(27-21)18-9-8-15(30-6-2)11-17(18)23/h8-9,11,16H,5-7,10H2,1-4H3. The van der Waals surface area contributed by atoms with Crippen LogP contribution in [0.25, 0.3) is 16.6 Å². The second-order valence-corrected chi connectivity index (χ2v) is 7.02. The third kappa shape index (κ3) is 4.33. The molecule has 0 aliphatic heterocycles. The first kappa shape index (κ1) is 22.2. The lowest BCUT2D eigenvalue weighted by Crippen LogP contribution is -2.17. The maximum atomic E-state index is 14.8. The van der Waals surface area contributed by atoms with Crippen LogP contribution < -0.4 is 4.74 Å². The third-order valence-corrected chi connectivity index (χ3v) is 4.87. The molecule has 3 aromatic rings. The zero-order valence-electron chi connectivity index (χ0n) is 18.0. The van der Waals surface area contributed by atoms with E-state index in [1.54, 1.807) is 26.0 Å². The summed E-state index contributed by atoms with van der Waals surface area (Å²) in [5.74, 6) is -2.08. The molecule has 8 nitrogen and oxygen atoms in total. The van der Waals surface area contributed by atoms with Gasteiger partial charge in [-0.25, -0.2) is 9.07 Å². The molecule has 0 saturated carbocycles. The Morgan fingerprint density at radius 2 is 2.06 bits per heavy atom. The normalized spacial score (nSPS) is 11.9. The monoisotopic (exact) mass is 425 g/mol. The Morgan fingerprint density at radius 1 is 1.29 bits per heavy atom. The summed E-state index contributed by atoms with van der Waals surface area (Å²) in [7, 11) is 0. The van der Waals surface area contributed by atoms with E-state index in [4.69, 9.17) is 9.47 Å². The fourth-order valence-electron chi connectivity index (χ4n) is 3.31. The maximum Gasteiger partial charge on any atom is 0.329 e. The first-order valence-corrected chi connectivity index (χ1v) is 10.1. The maximum absolute atomic E-state index is 14.8. The number of rotatable bonds is 8. The smallest absolute Gasteiger partial charge is 0.329 e. The molecule has 9 heteroatoms. The van der Waals surface area contributed by atoms with Gasteiger partial charge >= 0.3 is 5.97 Å². The molecule has 1 atom stereocenters. The molecule has 1 unspecified atom stereocenters. The van der Waals surface area contributed by atoms with Crippen molar-refractivity contribution in [3.63, 3.8) is 0 Å². The van der Waals surface area contributed by atoms with Crippen molar-refractivity contribution in [1.29, 1.82) is 5.26 Å². The van der Waals surface area contributed by atoms with Gasteiger partial charge in [0.25, 0.3) is 0 Å². The van der Waals surface area contributed by atoms with Gasteiger partial charge in [0.15, 0.2) is 11.7 Å². The Kier molecular flexibility index (Phi) is 6.80. The van der Waals surface area contributed by atoms with Gasteiger partial charge in [-0.3, -0.25) is 4.79 Å². The Hall–Kier alpha value is -3.54. The summed E-state index contributed by atoms with van der Waals surface area (Å²) in [4.78, 5) is 12.5. The molecule has 0 bridgehead atoms. The molecule has 0 saturated heterocycles. The van der Waals surface area contributed by atoms with E-state index in [1.807, 2.05) is 19.9 Å². The Morgan fingerprint density at radius 3 is 2.71 bits per heavy atom. The number of esters is 1. The van der Waals surface area contributed by atoms with Crippen molar-refractivity contribution >= 4 is 16.9 Å². The highest BCUT2D eigenvalue weighted by Crippen LogP contribution is 2.30. The molecule has 3 rings (SSSR count). The fraction of sp³-hybridized carbons (Fsp3) is 0.409. The molecule has 1 aromatic carbocycles. The molecule has 0 fully saturated rings. The molecule has 2 heterocycles. The molecule has 0 aliphatic carbocycles. The van der Waals surface area contributed by atoms with E-state index in [9.17, 15) is 14.4 Å². The van der Waals surface area contributed by atoms with E-state index in [0.717, 1.165) is 6.42 Å². The van der Waals surface area contributed by atoms with Crippen molar-refractivity contribution in [1.82, 2.24) is 20.0 Å². The summed E-state index contributed by atoms with van der Waals surface area (Å²) in [6.07, 6.45) is 1.56. The van der Waals surface area contributed by atoms with E-state index < -0.39 is 17.7 Å². The van der Waals surface area contributed by atoms with E-state index in [-0.39, 0.29) is 18.0 Å². The van der Waals surface area contributed by atoms with Crippen molar-refractivity contribution in [3.05, 3.63) is 41.1 Å². The van der Waals surface area contributed by atoms with Gasteiger partial charge < -0.3 is 9.47 Å². The van der Waals surface area contributed by atoms with Gasteiger partial charge in [0, 0.05) is 11.5 Å². The first-order valence-electron chi connectivity index (χ1n) is 10.1. The number of unbranched alkanes of at least 4 members (excludes halogenated alkanes) is 1. The molecule has 0 amide bonds. The predicted octanol–water partition coefficient (Wildman–Crippen LogP) is 3.92. The highest BCUT2D eigenvalue weighted by atomic mass is 19.1. The number of carbonyl (C=O) groups excluding carboxylic acids is 1. The molecule has 162 valence electrons. The SMILES string of the molecule is CCCCOC(=O)C(C#N)c1nnc(C)c2c(C)n(-c3ccc(OCC)cc3F)nc12. The number of halogens is 1. The Balaban J connectivity index is 2.10. The van der Waals surface area contributed by atoms with Crippen LogP contribution in [-0.4, -0.2) is 39.2 Å². The Labute approximate surface area is 179 Å². The lowest BCUT2D eigenvalue weighted by molar-refractivity contribution is -0.144. The number of aryl methyl sites for hydroxylation is 2. The van der Waals surface area contributed by atoms with Gasteiger partial charge in [-0.1, -0.05) is 13.3 Å².